The van der Waals surface area contributed by atoms with E-state index in [9.17, 15) is 5.11 Å². The van der Waals surface area contributed by atoms with Crippen molar-refractivity contribution in [2.45, 2.75) is 25.6 Å². The molecule has 2 aliphatic rings. The third-order valence-electron chi connectivity index (χ3n) is 5.08. The standard InChI is InChI=1S/C22H20N2O4/c1-2-26-19-10-5-8-15-17-13-16(14-7-3-4-9-18(14)25)23-24(17)22(28-21(15)19)20-11-6-12-27-20/h3-12,17,22,25H,2,13H2,1H3/t17-,22+/m0/s1. The molecule has 2 aromatic carbocycles. The summed E-state index contributed by atoms with van der Waals surface area (Å²) in [6, 6.07) is 16.9. The highest BCUT2D eigenvalue weighted by atomic mass is 16.5. The number of phenols is 1. The molecule has 6 heteroatoms. The largest absolute Gasteiger partial charge is 0.507 e. The van der Waals surface area contributed by atoms with Crippen LogP contribution in [0.5, 0.6) is 17.2 Å². The first-order valence-electron chi connectivity index (χ1n) is 9.36. The van der Waals surface area contributed by atoms with Crippen molar-refractivity contribution in [2.24, 2.45) is 5.10 Å². The number of rotatable bonds is 4. The molecule has 0 saturated heterocycles. The summed E-state index contributed by atoms with van der Waals surface area (Å²) < 4.78 is 17.8. The predicted molar refractivity (Wildman–Crippen MR) is 104 cm³/mol. The van der Waals surface area contributed by atoms with E-state index >= 15 is 0 Å². The van der Waals surface area contributed by atoms with Crippen molar-refractivity contribution < 1.29 is 19.0 Å². The predicted octanol–water partition coefficient (Wildman–Crippen LogP) is 4.63. The van der Waals surface area contributed by atoms with Crippen LogP contribution in [0.2, 0.25) is 0 Å². The van der Waals surface area contributed by atoms with Gasteiger partial charge in [0.05, 0.1) is 24.6 Å². The van der Waals surface area contributed by atoms with Gasteiger partial charge in [0.1, 0.15) is 5.75 Å². The van der Waals surface area contributed by atoms with Gasteiger partial charge in [-0.1, -0.05) is 24.3 Å². The molecule has 0 amide bonds. The number of phenolic OH excluding ortho intramolecular Hbond substituents is 1. The van der Waals surface area contributed by atoms with Crippen LogP contribution in [-0.4, -0.2) is 22.4 Å². The zero-order valence-corrected chi connectivity index (χ0v) is 15.4. The van der Waals surface area contributed by atoms with E-state index < -0.39 is 6.23 Å². The molecule has 0 aliphatic carbocycles. The average molecular weight is 376 g/mol. The molecule has 0 fully saturated rings. The minimum absolute atomic E-state index is 0.0335. The Morgan fingerprint density at radius 3 is 2.82 bits per heavy atom. The molecule has 1 aromatic heterocycles. The zero-order valence-electron chi connectivity index (χ0n) is 15.4. The minimum atomic E-state index is -0.502. The van der Waals surface area contributed by atoms with Crippen molar-refractivity contribution in [3.05, 3.63) is 77.7 Å². The Labute approximate surface area is 162 Å². The summed E-state index contributed by atoms with van der Waals surface area (Å²) in [4.78, 5) is 0. The highest BCUT2D eigenvalue weighted by Gasteiger charge is 2.43. The number of para-hydroxylation sites is 2. The summed E-state index contributed by atoms with van der Waals surface area (Å²) in [7, 11) is 0. The molecule has 0 spiro atoms. The second-order valence-corrected chi connectivity index (χ2v) is 6.76. The lowest BCUT2D eigenvalue weighted by atomic mass is 9.95. The molecule has 2 aliphatic heterocycles. The first-order chi connectivity index (χ1) is 13.8. The molecule has 6 nitrogen and oxygen atoms in total. The highest BCUT2D eigenvalue weighted by Crippen LogP contribution is 2.51. The normalized spacial score (nSPS) is 20.2. The molecule has 0 unspecified atom stereocenters. The molecule has 2 atom stereocenters. The SMILES string of the molecule is CCOc1cccc2c1O[C@H](c1ccco1)N1N=C(c3ccccc3O)C[C@@H]21. The van der Waals surface area contributed by atoms with E-state index in [1.54, 1.807) is 18.4 Å². The van der Waals surface area contributed by atoms with Gasteiger partial charge in [0.25, 0.3) is 0 Å². The van der Waals surface area contributed by atoms with Gasteiger partial charge in [0.15, 0.2) is 17.3 Å². The van der Waals surface area contributed by atoms with Gasteiger partial charge in [-0.05, 0) is 37.3 Å². The maximum absolute atomic E-state index is 10.3. The summed E-state index contributed by atoms with van der Waals surface area (Å²) in [5.74, 6) is 2.33. The van der Waals surface area contributed by atoms with Gasteiger partial charge in [-0.2, -0.15) is 5.10 Å². The van der Waals surface area contributed by atoms with E-state index in [2.05, 4.69) is 0 Å². The van der Waals surface area contributed by atoms with E-state index in [-0.39, 0.29) is 11.8 Å². The van der Waals surface area contributed by atoms with Crippen LogP contribution >= 0.6 is 0 Å². The first-order valence-corrected chi connectivity index (χ1v) is 9.36. The molecular formula is C22H20N2O4. The number of benzene rings is 2. The quantitative estimate of drug-likeness (QED) is 0.719. The number of aromatic hydroxyl groups is 1. The van der Waals surface area contributed by atoms with Gasteiger partial charge >= 0.3 is 0 Å². The minimum Gasteiger partial charge on any atom is -0.507 e. The first kappa shape index (κ1) is 16.7. The number of hydrazone groups is 1. The zero-order chi connectivity index (χ0) is 19.1. The summed E-state index contributed by atoms with van der Waals surface area (Å²) >= 11 is 0. The number of hydrogen-bond acceptors (Lipinski definition) is 6. The van der Waals surface area contributed by atoms with Gasteiger partial charge in [0, 0.05) is 17.5 Å². The Hall–Kier alpha value is -3.41. The number of nitrogens with zero attached hydrogens (tertiary/aromatic N) is 2. The molecule has 3 aromatic rings. The second-order valence-electron chi connectivity index (χ2n) is 6.76. The van der Waals surface area contributed by atoms with Crippen molar-refractivity contribution >= 4 is 5.71 Å². The molecule has 0 radical (unpaired) electrons. The van der Waals surface area contributed by atoms with Crippen LogP contribution in [0.3, 0.4) is 0 Å². The van der Waals surface area contributed by atoms with Crippen LogP contribution in [0.25, 0.3) is 0 Å². The van der Waals surface area contributed by atoms with Crippen LogP contribution in [0.4, 0.5) is 0 Å². The smallest absolute Gasteiger partial charge is 0.246 e. The van der Waals surface area contributed by atoms with E-state index in [1.807, 2.05) is 54.4 Å². The average Bonchev–Trinajstić information content (AvgIpc) is 3.38. The van der Waals surface area contributed by atoms with E-state index in [1.165, 1.54) is 0 Å². The van der Waals surface area contributed by atoms with Crippen molar-refractivity contribution in [2.75, 3.05) is 6.61 Å². The Kier molecular flexibility index (Phi) is 3.97. The molecule has 1 N–H and O–H groups in total. The maximum atomic E-state index is 10.3. The van der Waals surface area contributed by atoms with Gasteiger partial charge in [0.2, 0.25) is 6.23 Å². The summed E-state index contributed by atoms with van der Waals surface area (Å²) in [5.41, 5.74) is 2.57. The third-order valence-corrected chi connectivity index (χ3v) is 5.08. The fourth-order valence-corrected chi connectivity index (χ4v) is 3.85. The number of fused-ring (bicyclic) bond motifs is 3. The Bertz CT molecular complexity index is 1030. The fraction of sp³-hybridized carbons (Fsp3) is 0.227. The Morgan fingerprint density at radius 2 is 2.04 bits per heavy atom. The molecule has 3 heterocycles. The fourth-order valence-electron chi connectivity index (χ4n) is 3.85. The Balaban J connectivity index is 1.62. The van der Waals surface area contributed by atoms with E-state index in [4.69, 9.17) is 19.0 Å². The van der Waals surface area contributed by atoms with Crippen molar-refractivity contribution in [1.82, 2.24) is 5.01 Å². The lowest BCUT2D eigenvalue weighted by molar-refractivity contribution is -0.0344. The number of hydrogen-bond donors (Lipinski definition) is 1. The van der Waals surface area contributed by atoms with E-state index in [0.29, 0.717) is 24.5 Å². The van der Waals surface area contributed by atoms with Crippen LogP contribution in [0.1, 0.15) is 42.5 Å². The van der Waals surface area contributed by atoms with Gasteiger partial charge in [-0.15, -0.1) is 0 Å². The van der Waals surface area contributed by atoms with Crippen molar-refractivity contribution in [3.63, 3.8) is 0 Å². The van der Waals surface area contributed by atoms with E-state index in [0.717, 1.165) is 22.6 Å². The molecule has 5 rings (SSSR count). The van der Waals surface area contributed by atoms with Crippen molar-refractivity contribution in [3.8, 4) is 17.2 Å². The highest BCUT2D eigenvalue weighted by molar-refractivity contribution is 6.04. The lowest BCUT2D eigenvalue weighted by Gasteiger charge is -2.37. The number of ether oxygens (including phenoxy) is 2. The third kappa shape index (κ3) is 2.60. The molecule has 28 heavy (non-hydrogen) atoms. The molecule has 142 valence electrons. The topological polar surface area (TPSA) is 67.4 Å². The molecule has 0 bridgehead atoms. The van der Waals surface area contributed by atoms with Crippen LogP contribution in [0, 0.1) is 0 Å². The molecular weight excluding hydrogens is 356 g/mol. The lowest BCUT2D eigenvalue weighted by Crippen LogP contribution is -2.33. The Morgan fingerprint density at radius 1 is 1.14 bits per heavy atom. The van der Waals surface area contributed by atoms with Crippen LogP contribution in [-0.2, 0) is 0 Å². The summed E-state index contributed by atoms with van der Waals surface area (Å²) in [5, 5.41) is 17.0. The van der Waals surface area contributed by atoms with Crippen LogP contribution < -0.4 is 9.47 Å². The van der Waals surface area contributed by atoms with Gasteiger partial charge < -0.3 is 19.0 Å². The second kappa shape index (κ2) is 6.64. The van der Waals surface area contributed by atoms with Gasteiger partial charge in [-0.25, -0.2) is 5.01 Å². The number of furan rings is 1. The summed E-state index contributed by atoms with van der Waals surface area (Å²) in [6.45, 7) is 2.51. The monoisotopic (exact) mass is 376 g/mol. The van der Waals surface area contributed by atoms with Gasteiger partial charge in [-0.3, -0.25) is 0 Å². The van der Waals surface area contributed by atoms with Crippen molar-refractivity contribution in [1.29, 1.82) is 0 Å². The summed E-state index contributed by atoms with van der Waals surface area (Å²) in [6.07, 6.45) is 1.78. The maximum Gasteiger partial charge on any atom is 0.246 e. The van der Waals surface area contributed by atoms with Crippen LogP contribution in [0.15, 0.2) is 70.4 Å². The molecule has 0 saturated carbocycles.